The topological polar surface area (TPSA) is 65.5 Å². The molecule has 1 fully saturated rings. The number of urea groups is 1. The molecule has 0 unspecified atom stereocenters. The molecule has 0 atom stereocenters. The lowest BCUT2D eigenvalue weighted by Gasteiger charge is -2.22. The Morgan fingerprint density at radius 1 is 1.12 bits per heavy atom. The van der Waals surface area contributed by atoms with Gasteiger partial charge >= 0.3 is 12.2 Å². The predicted octanol–water partition coefficient (Wildman–Crippen LogP) is 5.86. The first kappa shape index (κ1) is 23.5. The van der Waals surface area contributed by atoms with Crippen LogP contribution in [-0.2, 0) is 6.18 Å². The van der Waals surface area contributed by atoms with E-state index in [0.29, 0.717) is 36.2 Å². The zero-order chi connectivity index (χ0) is 24.5. The third kappa shape index (κ3) is 4.42. The lowest BCUT2D eigenvalue weighted by atomic mass is 10.1. The molecule has 4 rings (SSSR count). The van der Waals surface area contributed by atoms with E-state index in [1.54, 1.807) is 29.3 Å². The molecule has 9 heteroatoms. The summed E-state index contributed by atoms with van der Waals surface area (Å²) in [5.74, 6) is -0.882. The summed E-state index contributed by atoms with van der Waals surface area (Å²) in [6.45, 7) is 5.76. The first-order valence-electron chi connectivity index (χ1n) is 11.1. The van der Waals surface area contributed by atoms with Crippen molar-refractivity contribution >= 4 is 34.2 Å². The molecule has 1 aliphatic heterocycles. The number of amides is 3. The van der Waals surface area contributed by atoms with Gasteiger partial charge in [0.2, 0.25) is 0 Å². The van der Waals surface area contributed by atoms with Crippen molar-refractivity contribution in [2.75, 3.05) is 29.9 Å². The molecule has 0 bridgehead atoms. The van der Waals surface area contributed by atoms with Crippen LogP contribution in [0.3, 0.4) is 0 Å². The van der Waals surface area contributed by atoms with Crippen molar-refractivity contribution < 1.29 is 22.8 Å². The summed E-state index contributed by atoms with van der Waals surface area (Å²) in [5, 5.41) is 3.23. The molecule has 2 heterocycles. The fourth-order valence-corrected chi connectivity index (χ4v) is 4.23. The number of hydrogen-bond acceptors (Lipinski definition) is 3. The summed E-state index contributed by atoms with van der Waals surface area (Å²) in [4.78, 5) is 33.8. The standard InChI is InChI=1S/C25H25F3N4O2/c1-3-4-12-31-13-14-32(24(31)34)22-16(2)15-29-21-18(22)9-7-11-20(21)30-23(33)17-8-5-6-10-19(17)25(26,27)28/h5-11,15H,3-4,12-14H2,1-2H3,(H,30,33). The Morgan fingerprint density at radius 3 is 2.62 bits per heavy atom. The van der Waals surface area contributed by atoms with Gasteiger partial charge in [-0.25, -0.2) is 4.79 Å². The Bertz CT molecular complexity index is 1240. The molecule has 0 aliphatic carbocycles. The van der Waals surface area contributed by atoms with Gasteiger partial charge in [-0.3, -0.25) is 14.7 Å². The van der Waals surface area contributed by atoms with Crippen LogP contribution in [-0.4, -0.2) is 41.5 Å². The maximum Gasteiger partial charge on any atom is 0.417 e. The van der Waals surface area contributed by atoms with E-state index in [-0.39, 0.29) is 11.7 Å². The molecular formula is C25H25F3N4O2. The number of rotatable bonds is 6. The number of aromatic nitrogens is 1. The second kappa shape index (κ2) is 9.32. The van der Waals surface area contributed by atoms with Crippen LogP contribution in [0.1, 0.15) is 41.3 Å². The summed E-state index contributed by atoms with van der Waals surface area (Å²) < 4.78 is 40.1. The van der Waals surface area contributed by atoms with Crippen LogP contribution in [0.2, 0.25) is 0 Å². The van der Waals surface area contributed by atoms with Crippen molar-refractivity contribution in [2.24, 2.45) is 0 Å². The van der Waals surface area contributed by atoms with Crippen LogP contribution in [0, 0.1) is 6.92 Å². The summed E-state index contributed by atoms with van der Waals surface area (Å²) in [6, 6.07) is 9.63. The van der Waals surface area contributed by atoms with Gasteiger partial charge in [0.25, 0.3) is 5.91 Å². The Labute approximate surface area is 195 Å². The van der Waals surface area contributed by atoms with Gasteiger partial charge in [0.1, 0.15) is 0 Å². The molecule has 6 nitrogen and oxygen atoms in total. The number of fused-ring (bicyclic) bond motifs is 1. The zero-order valence-electron chi connectivity index (χ0n) is 18.9. The average molecular weight is 470 g/mol. The number of unbranched alkanes of at least 4 members (excludes halogenated alkanes) is 1. The third-order valence-electron chi connectivity index (χ3n) is 5.92. The van der Waals surface area contributed by atoms with E-state index < -0.39 is 23.2 Å². The molecule has 34 heavy (non-hydrogen) atoms. The van der Waals surface area contributed by atoms with E-state index >= 15 is 0 Å². The number of carbonyl (C=O) groups is 2. The second-order valence-corrected chi connectivity index (χ2v) is 8.26. The number of pyridine rings is 1. The predicted molar refractivity (Wildman–Crippen MR) is 125 cm³/mol. The first-order valence-corrected chi connectivity index (χ1v) is 11.1. The van der Waals surface area contributed by atoms with E-state index in [1.807, 2.05) is 11.8 Å². The van der Waals surface area contributed by atoms with E-state index in [1.165, 1.54) is 12.1 Å². The maximum absolute atomic E-state index is 13.4. The molecule has 0 spiro atoms. The van der Waals surface area contributed by atoms with Crippen LogP contribution in [0.4, 0.5) is 29.3 Å². The van der Waals surface area contributed by atoms with Crippen molar-refractivity contribution in [1.29, 1.82) is 0 Å². The fourth-order valence-electron chi connectivity index (χ4n) is 4.23. The van der Waals surface area contributed by atoms with Crippen LogP contribution in [0.25, 0.3) is 10.9 Å². The molecule has 3 aromatic rings. The summed E-state index contributed by atoms with van der Waals surface area (Å²) in [7, 11) is 0. The maximum atomic E-state index is 13.4. The molecule has 0 radical (unpaired) electrons. The molecule has 1 aliphatic rings. The largest absolute Gasteiger partial charge is 0.417 e. The Balaban J connectivity index is 1.70. The van der Waals surface area contributed by atoms with Gasteiger partial charge in [-0.15, -0.1) is 0 Å². The van der Waals surface area contributed by atoms with Crippen LogP contribution >= 0.6 is 0 Å². The van der Waals surface area contributed by atoms with Gasteiger partial charge in [-0.2, -0.15) is 13.2 Å². The van der Waals surface area contributed by atoms with Gasteiger partial charge in [0, 0.05) is 31.2 Å². The third-order valence-corrected chi connectivity index (χ3v) is 5.92. The van der Waals surface area contributed by atoms with Gasteiger partial charge in [0.15, 0.2) is 0 Å². The smallest absolute Gasteiger partial charge is 0.323 e. The number of benzene rings is 2. The fraction of sp³-hybridized carbons (Fsp3) is 0.320. The van der Waals surface area contributed by atoms with Gasteiger partial charge in [0.05, 0.1) is 28.0 Å². The van der Waals surface area contributed by atoms with Gasteiger partial charge in [-0.1, -0.05) is 37.6 Å². The van der Waals surface area contributed by atoms with Crippen LogP contribution in [0.15, 0.2) is 48.7 Å². The summed E-state index contributed by atoms with van der Waals surface area (Å²) >= 11 is 0. The average Bonchev–Trinajstić information content (AvgIpc) is 3.16. The molecule has 0 saturated carbocycles. The lowest BCUT2D eigenvalue weighted by Crippen LogP contribution is -2.33. The highest BCUT2D eigenvalue weighted by Gasteiger charge is 2.35. The highest BCUT2D eigenvalue weighted by atomic mass is 19.4. The molecule has 1 aromatic heterocycles. The zero-order valence-corrected chi connectivity index (χ0v) is 18.9. The van der Waals surface area contributed by atoms with Crippen LogP contribution in [0.5, 0.6) is 0 Å². The number of anilines is 2. The van der Waals surface area contributed by atoms with Crippen molar-refractivity contribution in [3.8, 4) is 0 Å². The number of nitrogens with one attached hydrogen (secondary N) is 1. The van der Waals surface area contributed by atoms with Gasteiger partial charge < -0.3 is 10.2 Å². The number of hydrogen-bond donors (Lipinski definition) is 1. The number of nitrogens with zero attached hydrogens (tertiary/aromatic N) is 3. The van der Waals surface area contributed by atoms with E-state index in [4.69, 9.17) is 0 Å². The Kier molecular flexibility index (Phi) is 6.45. The molecule has 3 amide bonds. The number of para-hydroxylation sites is 1. The van der Waals surface area contributed by atoms with Crippen molar-refractivity contribution in [1.82, 2.24) is 9.88 Å². The molecule has 1 saturated heterocycles. The van der Waals surface area contributed by atoms with Crippen molar-refractivity contribution in [3.63, 3.8) is 0 Å². The second-order valence-electron chi connectivity index (χ2n) is 8.26. The minimum Gasteiger partial charge on any atom is -0.323 e. The number of carbonyl (C=O) groups excluding carboxylic acids is 2. The molecule has 1 N–H and O–H groups in total. The van der Waals surface area contributed by atoms with E-state index in [2.05, 4.69) is 17.2 Å². The minimum absolute atomic E-state index is 0.0856. The molecular weight excluding hydrogens is 445 g/mol. The summed E-state index contributed by atoms with van der Waals surface area (Å²) in [5.41, 5.74) is 0.688. The monoisotopic (exact) mass is 470 g/mol. The summed E-state index contributed by atoms with van der Waals surface area (Å²) in [6.07, 6.45) is -1.14. The highest BCUT2D eigenvalue weighted by molar-refractivity contribution is 6.12. The lowest BCUT2D eigenvalue weighted by molar-refractivity contribution is -0.137. The van der Waals surface area contributed by atoms with E-state index in [9.17, 15) is 22.8 Å². The SMILES string of the molecule is CCCCN1CCN(c2c(C)cnc3c(NC(=O)c4ccccc4C(F)(F)F)cccc23)C1=O. The quantitative estimate of drug-likeness (QED) is 0.491. The normalized spacial score (nSPS) is 14.2. The number of aryl methyl sites for hydroxylation is 1. The van der Waals surface area contributed by atoms with Crippen LogP contribution < -0.4 is 10.2 Å². The Hall–Kier alpha value is -3.62. The van der Waals surface area contributed by atoms with Crippen molar-refractivity contribution in [3.05, 3.63) is 65.4 Å². The molecule has 178 valence electrons. The van der Waals surface area contributed by atoms with Gasteiger partial charge in [-0.05, 0) is 37.1 Å². The highest BCUT2D eigenvalue weighted by Crippen LogP contribution is 2.36. The number of alkyl halides is 3. The first-order chi connectivity index (χ1) is 16.2. The van der Waals surface area contributed by atoms with Crippen molar-refractivity contribution in [2.45, 2.75) is 32.9 Å². The van der Waals surface area contributed by atoms with E-state index in [0.717, 1.165) is 30.5 Å². The molecule has 2 aromatic carbocycles. The Morgan fingerprint density at radius 2 is 1.88 bits per heavy atom. The number of halogens is 3. The minimum atomic E-state index is -4.66.